The first-order valence-corrected chi connectivity index (χ1v) is 8.43. The lowest BCUT2D eigenvalue weighted by Crippen LogP contribution is -2.33. The van der Waals surface area contributed by atoms with Crippen LogP contribution in [0.1, 0.15) is 20.3 Å². The highest BCUT2D eigenvalue weighted by molar-refractivity contribution is 6.31. The summed E-state index contributed by atoms with van der Waals surface area (Å²) in [6.07, 6.45) is 5.21. The molecule has 0 radical (unpaired) electrons. The number of halogens is 1. The average molecular weight is 328 g/mol. The minimum atomic E-state index is -0.232. The van der Waals surface area contributed by atoms with Crippen LogP contribution < -0.4 is 4.90 Å². The van der Waals surface area contributed by atoms with E-state index in [0.29, 0.717) is 10.7 Å². The van der Waals surface area contributed by atoms with Crippen LogP contribution in [-0.2, 0) is 9.59 Å². The van der Waals surface area contributed by atoms with Crippen molar-refractivity contribution in [2.24, 2.45) is 23.7 Å². The molecule has 4 rings (SSSR count). The Balaban J connectivity index is 1.74. The average Bonchev–Trinajstić information content (AvgIpc) is 3.18. The van der Waals surface area contributed by atoms with Crippen molar-refractivity contribution in [3.8, 4) is 0 Å². The highest BCUT2D eigenvalue weighted by atomic mass is 35.5. The molecule has 1 saturated carbocycles. The summed E-state index contributed by atoms with van der Waals surface area (Å²) in [6, 6.07) is 6.90. The van der Waals surface area contributed by atoms with Gasteiger partial charge in [0.15, 0.2) is 0 Å². The van der Waals surface area contributed by atoms with E-state index in [-0.39, 0.29) is 35.5 Å². The molecule has 1 aliphatic heterocycles. The molecule has 118 valence electrons. The molecular formula is C19H18ClNO2. The molecule has 2 aliphatic carbocycles. The summed E-state index contributed by atoms with van der Waals surface area (Å²) in [5, 5.41) is 0.596. The maximum Gasteiger partial charge on any atom is 0.238 e. The molecule has 1 heterocycles. The van der Waals surface area contributed by atoms with Gasteiger partial charge in [0, 0.05) is 16.9 Å². The van der Waals surface area contributed by atoms with E-state index in [1.807, 2.05) is 0 Å². The van der Waals surface area contributed by atoms with Crippen LogP contribution >= 0.6 is 11.6 Å². The van der Waals surface area contributed by atoms with Gasteiger partial charge < -0.3 is 0 Å². The monoisotopic (exact) mass is 327 g/mol. The predicted octanol–water partition coefficient (Wildman–Crippen LogP) is 3.99. The van der Waals surface area contributed by atoms with Gasteiger partial charge in [-0.1, -0.05) is 41.8 Å². The Hall–Kier alpha value is -1.87. The Kier molecular flexibility index (Phi) is 3.24. The molecule has 3 aliphatic rings. The van der Waals surface area contributed by atoms with Crippen molar-refractivity contribution in [1.82, 2.24) is 0 Å². The number of hydrogen-bond acceptors (Lipinski definition) is 2. The molecule has 4 heteroatoms. The lowest BCUT2D eigenvalue weighted by molar-refractivity contribution is -0.122. The third kappa shape index (κ3) is 1.89. The van der Waals surface area contributed by atoms with Gasteiger partial charge >= 0.3 is 0 Å². The van der Waals surface area contributed by atoms with Crippen molar-refractivity contribution in [3.63, 3.8) is 0 Å². The third-order valence-electron chi connectivity index (χ3n) is 5.52. The standard InChI is InChI=1S/C19H18ClNO2/c1-3-10(2)15-13-8-9-14(15)17-16(13)18(22)21(19(17)23)12-6-4-11(20)5-7-12/h4-9,13-14,16-17H,3H2,1-2H3/t13-,14-,16-,17+/m1/s1. The Morgan fingerprint density at radius 3 is 2.04 bits per heavy atom. The second-order valence-electron chi connectivity index (χ2n) is 6.57. The van der Waals surface area contributed by atoms with Crippen molar-refractivity contribution in [2.45, 2.75) is 20.3 Å². The number of rotatable bonds is 2. The van der Waals surface area contributed by atoms with E-state index in [9.17, 15) is 9.59 Å². The first kappa shape index (κ1) is 14.7. The fourth-order valence-corrected chi connectivity index (χ4v) is 4.51. The van der Waals surface area contributed by atoms with Gasteiger partial charge in [-0.05, 0) is 37.6 Å². The molecule has 0 N–H and O–H groups in total. The number of imide groups is 1. The van der Waals surface area contributed by atoms with Gasteiger partial charge in [-0.2, -0.15) is 0 Å². The maximum absolute atomic E-state index is 12.9. The number of nitrogens with zero attached hydrogens (tertiary/aromatic N) is 1. The van der Waals surface area contributed by atoms with Crippen LogP contribution in [0.3, 0.4) is 0 Å². The number of carbonyl (C=O) groups excluding carboxylic acids is 2. The van der Waals surface area contributed by atoms with Crippen LogP contribution in [0.2, 0.25) is 5.02 Å². The molecular weight excluding hydrogens is 310 g/mol. The van der Waals surface area contributed by atoms with E-state index in [0.717, 1.165) is 6.42 Å². The quantitative estimate of drug-likeness (QED) is 0.608. The van der Waals surface area contributed by atoms with E-state index in [1.54, 1.807) is 24.3 Å². The highest BCUT2D eigenvalue weighted by Crippen LogP contribution is 2.57. The predicted molar refractivity (Wildman–Crippen MR) is 90.0 cm³/mol. The van der Waals surface area contributed by atoms with Gasteiger partial charge in [-0.25, -0.2) is 4.90 Å². The third-order valence-corrected chi connectivity index (χ3v) is 5.78. The summed E-state index contributed by atoms with van der Waals surface area (Å²) in [6.45, 7) is 4.24. The number of anilines is 1. The number of carbonyl (C=O) groups is 2. The van der Waals surface area contributed by atoms with E-state index in [2.05, 4.69) is 26.0 Å². The zero-order valence-electron chi connectivity index (χ0n) is 13.1. The molecule has 2 fully saturated rings. The zero-order chi connectivity index (χ0) is 16.3. The van der Waals surface area contributed by atoms with Crippen molar-refractivity contribution >= 4 is 29.1 Å². The second-order valence-corrected chi connectivity index (χ2v) is 7.00. The van der Waals surface area contributed by atoms with Crippen LogP contribution in [0, 0.1) is 23.7 Å². The van der Waals surface area contributed by atoms with Crippen molar-refractivity contribution < 1.29 is 9.59 Å². The highest BCUT2D eigenvalue weighted by Gasteiger charge is 2.61. The molecule has 1 saturated heterocycles. The topological polar surface area (TPSA) is 37.4 Å². The second kappa shape index (κ2) is 5.07. The molecule has 2 amide bonds. The Labute approximate surface area is 140 Å². The summed E-state index contributed by atoms with van der Waals surface area (Å²) in [4.78, 5) is 27.2. The molecule has 23 heavy (non-hydrogen) atoms. The smallest absolute Gasteiger partial charge is 0.238 e. The van der Waals surface area contributed by atoms with Gasteiger partial charge in [-0.3, -0.25) is 9.59 Å². The molecule has 0 spiro atoms. The maximum atomic E-state index is 12.9. The number of benzene rings is 1. The van der Waals surface area contributed by atoms with Gasteiger partial charge in [0.2, 0.25) is 11.8 Å². The minimum absolute atomic E-state index is 0.0689. The fourth-order valence-electron chi connectivity index (χ4n) is 4.38. The van der Waals surface area contributed by atoms with E-state index in [4.69, 9.17) is 11.6 Å². The lowest BCUT2D eigenvalue weighted by Gasteiger charge is -2.19. The van der Waals surface area contributed by atoms with Crippen molar-refractivity contribution in [3.05, 3.63) is 52.6 Å². The Morgan fingerprint density at radius 2 is 1.57 bits per heavy atom. The van der Waals surface area contributed by atoms with Crippen molar-refractivity contribution in [2.75, 3.05) is 4.90 Å². The summed E-state index contributed by atoms with van der Waals surface area (Å²) in [5.74, 6) is -0.409. The summed E-state index contributed by atoms with van der Waals surface area (Å²) >= 11 is 5.91. The van der Waals surface area contributed by atoms with E-state index < -0.39 is 0 Å². The number of allylic oxidation sites excluding steroid dienone is 4. The summed E-state index contributed by atoms with van der Waals surface area (Å²) in [5.41, 5.74) is 3.24. The zero-order valence-corrected chi connectivity index (χ0v) is 13.9. The lowest BCUT2D eigenvalue weighted by atomic mass is 9.85. The van der Waals surface area contributed by atoms with Gasteiger partial charge in [0.05, 0.1) is 17.5 Å². The number of fused-ring (bicyclic) bond motifs is 5. The largest absolute Gasteiger partial charge is 0.274 e. The first-order chi connectivity index (χ1) is 11.0. The Morgan fingerprint density at radius 1 is 1.04 bits per heavy atom. The van der Waals surface area contributed by atoms with Gasteiger partial charge in [-0.15, -0.1) is 0 Å². The molecule has 1 aromatic carbocycles. The number of hydrogen-bond donors (Lipinski definition) is 0. The molecule has 0 unspecified atom stereocenters. The fraction of sp³-hybridized carbons (Fsp3) is 0.368. The molecule has 1 aromatic rings. The van der Waals surface area contributed by atoms with Gasteiger partial charge in [0.25, 0.3) is 0 Å². The Bertz CT molecular complexity index is 728. The summed E-state index contributed by atoms with van der Waals surface area (Å²) in [7, 11) is 0. The van der Waals surface area contributed by atoms with Crippen LogP contribution in [-0.4, -0.2) is 11.8 Å². The van der Waals surface area contributed by atoms with Crippen LogP contribution in [0.5, 0.6) is 0 Å². The van der Waals surface area contributed by atoms with Crippen LogP contribution in [0.4, 0.5) is 5.69 Å². The molecule has 3 nitrogen and oxygen atoms in total. The molecule has 4 atom stereocenters. The molecule has 2 bridgehead atoms. The van der Waals surface area contributed by atoms with Crippen molar-refractivity contribution in [1.29, 1.82) is 0 Å². The first-order valence-electron chi connectivity index (χ1n) is 8.05. The molecule has 0 aromatic heterocycles. The van der Waals surface area contributed by atoms with Gasteiger partial charge in [0.1, 0.15) is 0 Å². The van der Waals surface area contributed by atoms with Crippen LogP contribution in [0.25, 0.3) is 0 Å². The normalized spacial score (nSPS) is 33.6. The SMILES string of the molecule is CCC(C)=C1[C@H]2C=C[C@H]1[C@H]1C(=O)N(c3ccc(Cl)cc3)C(=O)[C@H]12. The van der Waals surface area contributed by atoms with E-state index in [1.165, 1.54) is 16.0 Å². The number of amides is 2. The minimum Gasteiger partial charge on any atom is -0.274 e. The van der Waals surface area contributed by atoms with Crippen LogP contribution in [0.15, 0.2) is 47.6 Å². The summed E-state index contributed by atoms with van der Waals surface area (Å²) < 4.78 is 0. The van der Waals surface area contributed by atoms with E-state index >= 15 is 0 Å².